The Labute approximate surface area is 114 Å². The number of thiocarbonyl (C=S) groups is 1. The molecule has 3 nitrogen and oxygen atoms in total. The molecule has 2 N–H and O–H groups in total. The second kappa shape index (κ2) is 4.80. The minimum Gasteiger partial charge on any atom is -0.393 e. The van der Waals surface area contributed by atoms with Crippen LogP contribution in [0.5, 0.6) is 0 Å². The van der Waals surface area contributed by atoms with Crippen molar-refractivity contribution in [2.75, 3.05) is 13.1 Å². The minimum absolute atomic E-state index is 0.338. The molecule has 3 unspecified atom stereocenters. The van der Waals surface area contributed by atoms with Crippen LogP contribution >= 0.6 is 12.2 Å². The zero-order valence-corrected chi connectivity index (χ0v) is 11.6. The molecule has 2 bridgehead atoms. The van der Waals surface area contributed by atoms with Crippen molar-refractivity contribution < 1.29 is 4.79 Å². The molecule has 0 aromatic heterocycles. The SMILES string of the molecule is NC(=S)C1CCN(C(=O)C2CC3CCC2C3)CC1. The fourth-order valence-corrected chi connectivity index (χ4v) is 4.40. The number of nitrogens with zero attached hydrogens (tertiary/aromatic N) is 1. The summed E-state index contributed by atoms with van der Waals surface area (Å²) in [6.45, 7) is 1.71. The second-order valence-corrected chi connectivity index (χ2v) is 6.75. The molecular weight excluding hydrogens is 244 g/mol. The third-order valence-electron chi connectivity index (χ3n) is 5.26. The van der Waals surface area contributed by atoms with Gasteiger partial charge in [0, 0.05) is 24.9 Å². The number of hydrogen-bond acceptors (Lipinski definition) is 2. The second-order valence-electron chi connectivity index (χ2n) is 6.28. The molecule has 4 heteroatoms. The maximum atomic E-state index is 12.5. The molecule has 0 radical (unpaired) electrons. The largest absolute Gasteiger partial charge is 0.393 e. The minimum atomic E-state index is 0.338. The van der Waals surface area contributed by atoms with Crippen molar-refractivity contribution in [3.63, 3.8) is 0 Å². The predicted molar refractivity (Wildman–Crippen MR) is 75.0 cm³/mol. The van der Waals surface area contributed by atoms with E-state index in [2.05, 4.69) is 4.90 Å². The lowest BCUT2D eigenvalue weighted by Gasteiger charge is -2.35. The van der Waals surface area contributed by atoms with Crippen molar-refractivity contribution in [3.8, 4) is 0 Å². The van der Waals surface area contributed by atoms with E-state index in [1.165, 1.54) is 19.3 Å². The van der Waals surface area contributed by atoms with Crippen LogP contribution in [0.3, 0.4) is 0 Å². The summed E-state index contributed by atoms with van der Waals surface area (Å²) in [5.41, 5.74) is 5.69. The first kappa shape index (κ1) is 12.4. The van der Waals surface area contributed by atoms with Gasteiger partial charge in [0.25, 0.3) is 0 Å². The number of hydrogen-bond donors (Lipinski definition) is 1. The van der Waals surface area contributed by atoms with Crippen LogP contribution in [-0.2, 0) is 4.79 Å². The maximum Gasteiger partial charge on any atom is 0.225 e. The van der Waals surface area contributed by atoms with Crippen molar-refractivity contribution >= 4 is 23.1 Å². The normalized spacial score (nSPS) is 36.0. The molecule has 0 aromatic rings. The first-order valence-electron chi connectivity index (χ1n) is 7.23. The molecule has 0 aromatic carbocycles. The lowest BCUT2D eigenvalue weighted by molar-refractivity contribution is -0.138. The Morgan fingerprint density at radius 3 is 2.33 bits per heavy atom. The average Bonchev–Trinajstić information content (AvgIpc) is 3.00. The topological polar surface area (TPSA) is 46.3 Å². The molecule has 3 aliphatic rings. The highest BCUT2D eigenvalue weighted by atomic mass is 32.1. The van der Waals surface area contributed by atoms with E-state index >= 15 is 0 Å². The van der Waals surface area contributed by atoms with Gasteiger partial charge in [-0.3, -0.25) is 4.79 Å². The Bertz CT molecular complexity index is 363. The van der Waals surface area contributed by atoms with Crippen LogP contribution in [0.1, 0.15) is 38.5 Å². The van der Waals surface area contributed by atoms with Crippen LogP contribution < -0.4 is 5.73 Å². The van der Waals surface area contributed by atoms with Gasteiger partial charge >= 0.3 is 0 Å². The van der Waals surface area contributed by atoms with Crippen molar-refractivity contribution in [1.82, 2.24) is 4.90 Å². The Kier molecular flexibility index (Phi) is 3.31. The van der Waals surface area contributed by atoms with E-state index in [-0.39, 0.29) is 0 Å². The monoisotopic (exact) mass is 266 g/mol. The molecule has 1 heterocycles. The Hall–Kier alpha value is -0.640. The third kappa shape index (κ3) is 2.15. The van der Waals surface area contributed by atoms with E-state index in [0.29, 0.717) is 28.6 Å². The molecule has 18 heavy (non-hydrogen) atoms. The fourth-order valence-electron chi connectivity index (χ4n) is 4.17. The summed E-state index contributed by atoms with van der Waals surface area (Å²) in [5, 5.41) is 0. The molecular formula is C14H22N2OS. The summed E-state index contributed by atoms with van der Waals surface area (Å²) in [6.07, 6.45) is 7.02. The van der Waals surface area contributed by atoms with Crippen LogP contribution in [0.15, 0.2) is 0 Å². The number of carbonyl (C=O) groups excluding carboxylic acids is 1. The highest BCUT2D eigenvalue weighted by molar-refractivity contribution is 7.80. The van der Waals surface area contributed by atoms with Gasteiger partial charge in [0.2, 0.25) is 5.91 Å². The van der Waals surface area contributed by atoms with Gasteiger partial charge in [0.15, 0.2) is 0 Å². The van der Waals surface area contributed by atoms with Crippen molar-refractivity contribution in [3.05, 3.63) is 0 Å². The molecule has 2 aliphatic carbocycles. The van der Waals surface area contributed by atoms with Crippen molar-refractivity contribution in [2.24, 2.45) is 29.4 Å². The number of nitrogens with two attached hydrogens (primary N) is 1. The van der Waals surface area contributed by atoms with Crippen molar-refractivity contribution in [1.29, 1.82) is 0 Å². The van der Waals surface area contributed by atoms with Crippen LogP contribution in [-0.4, -0.2) is 28.9 Å². The standard InChI is InChI=1S/C14H22N2OS/c15-13(18)10-3-5-16(6-4-10)14(17)12-8-9-1-2-11(12)7-9/h9-12H,1-8H2,(H2,15,18). The van der Waals surface area contributed by atoms with E-state index in [1.54, 1.807) is 0 Å². The number of carbonyl (C=O) groups is 1. The molecule has 1 aliphatic heterocycles. The van der Waals surface area contributed by atoms with Gasteiger partial charge in [-0.05, 0) is 43.9 Å². The summed E-state index contributed by atoms with van der Waals surface area (Å²) < 4.78 is 0. The lowest BCUT2D eigenvalue weighted by Crippen LogP contribution is -2.44. The summed E-state index contributed by atoms with van der Waals surface area (Å²) in [4.78, 5) is 15.2. The van der Waals surface area contributed by atoms with Crippen LogP contribution in [0.25, 0.3) is 0 Å². The van der Waals surface area contributed by atoms with E-state index < -0.39 is 0 Å². The molecule has 3 atom stereocenters. The van der Waals surface area contributed by atoms with Crippen LogP contribution in [0.2, 0.25) is 0 Å². The first-order chi connectivity index (χ1) is 8.65. The molecule has 0 spiro atoms. The average molecular weight is 266 g/mol. The molecule has 1 saturated heterocycles. The smallest absolute Gasteiger partial charge is 0.225 e. The van der Waals surface area contributed by atoms with Gasteiger partial charge in [0.1, 0.15) is 0 Å². The van der Waals surface area contributed by atoms with Gasteiger partial charge in [-0.25, -0.2) is 0 Å². The number of amides is 1. The number of rotatable bonds is 2. The van der Waals surface area contributed by atoms with E-state index in [9.17, 15) is 4.79 Å². The van der Waals surface area contributed by atoms with E-state index in [0.717, 1.165) is 38.3 Å². The Morgan fingerprint density at radius 1 is 1.11 bits per heavy atom. The fraction of sp³-hybridized carbons (Fsp3) is 0.857. The van der Waals surface area contributed by atoms with Gasteiger partial charge in [-0.2, -0.15) is 0 Å². The summed E-state index contributed by atoms with van der Waals surface area (Å²) in [6, 6.07) is 0. The lowest BCUT2D eigenvalue weighted by atomic mass is 9.86. The van der Waals surface area contributed by atoms with Crippen LogP contribution in [0.4, 0.5) is 0 Å². The van der Waals surface area contributed by atoms with Crippen molar-refractivity contribution in [2.45, 2.75) is 38.5 Å². The quantitative estimate of drug-likeness (QED) is 0.777. The number of piperidine rings is 1. The summed E-state index contributed by atoms with van der Waals surface area (Å²) >= 11 is 5.04. The first-order valence-corrected chi connectivity index (χ1v) is 7.64. The highest BCUT2D eigenvalue weighted by Crippen LogP contribution is 2.49. The maximum absolute atomic E-state index is 12.5. The highest BCUT2D eigenvalue weighted by Gasteiger charge is 2.44. The zero-order valence-electron chi connectivity index (χ0n) is 10.8. The van der Waals surface area contributed by atoms with Gasteiger partial charge in [-0.1, -0.05) is 18.6 Å². The van der Waals surface area contributed by atoms with Gasteiger partial charge < -0.3 is 10.6 Å². The zero-order chi connectivity index (χ0) is 12.7. The molecule has 100 valence electrons. The molecule has 1 amide bonds. The van der Waals surface area contributed by atoms with E-state index in [1.807, 2.05) is 0 Å². The van der Waals surface area contributed by atoms with Crippen LogP contribution in [0, 0.1) is 23.7 Å². The summed E-state index contributed by atoms with van der Waals surface area (Å²) in [7, 11) is 0. The third-order valence-corrected chi connectivity index (χ3v) is 5.60. The van der Waals surface area contributed by atoms with Gasteiger partial charge in [0.05, 0.1) is 4.99 Å². The molecule has 3 fully saturated rings. The predicted octanol–water partition coefficient (Wildman–Crippen LogP) is 1.95. The number of fused-ring (bicyclic) bond motifs is 2. The Balaban J connectivity index is 1.56. The van der Waals surface area contributed by atoms with Gasteiger partial charge in [-0.15, -0.1) is 0 Å². The summed E-state index contributed by atoms with van der Waals surface area (Å²) in [5.74, 6) is 2.65. The van der Waals surface area contributed by atoms with E-state index in [4.69, 9.17) is 18.0 Å². The Morgan fingerprint density at radius 2 is 1.83 bits per heavy atom. The molecule has 2 saturated carbocycles. The number of likely N-dealkylation sites (tertiary alicyclic amines) is 1. The molecule has 3 rings (SSSR count).